The maximum atomic E-state index is 13.9. The summed E-state index contributed by atoms with van der Waals surface area (Å²) in [5.41, 5.74) is -1.56. The second-order valence-corrected chi connectivity index (χ2v) is 4.15. The molecule has 0 aliphatic heterocycles. The van der Waals surface area contributed by atoms with Crippen molar-refractivity contribution >= 4 is 0 Å². The van der Waals surface area contributed by atoms with Crippen LogP contribution in [0.5, 0.6) is 5.75 Å². The molecule has 0 aliphatic rings. The van der Waals surface area contributed by atoms with Crippen LogP contribution in [0.15, 0.2) is 12.4 Å². The van der Waals surface area contributed by atoms with E-state index in [4.69, 9.17) is 10.00 Å². The lowest BCUT2D eigenvalue weighted by Crippen LogP contribution is -2.06. The van der Waals surface area contributed by atoms with E-state index < -0.39 is 40.2 Å². The van der Waals surface area contributed by atoms with Crippen molar-refractivity contribution in [3.63, 3.8) is 0 Å². The first-order valence-electron chi connectivity index (χ1n) is 5.83. The molecule has 0 bridgehead atoms. The molecule has 2 aromatic rings. The van der Waals surface area contributed by atoms with Crippen LogP contribution in [0.1, 0.15) is 5.56 Å². The zero-order valence-corrected chi connectivity index (χ0v) is 11.1. The van der Waals surface area contributed by atoms with Crippen LogP contribution in [0.4, 0.5) is 22.0 Å². The van der Waals surface area contributed by atoms with Crippen molar-refractivity contribution < 1.29 is 26.7 Å². The lowest BCUT2D eigenvalue weighted by atomic mass is 9.98. The van der Waals surface area contributed by atoms with Gasteiger partial charge in [0.25, 0.3) is 0 Å². The number of ether oxygens (including phenoxy) is 1. The summed E-state index contributed by atoms with van der Waals surface area (Å²) in [6, 6.07) is 1.73. The minimum atomic E-state index is -2.25. The van der Waals surface area contributed by atoms with Gasteiger partial charge in [0.2, 0.25) is 5.82 Å². The molecule has 114 valence electrons. The maximum absolute atomic E-state index is 13.9. The maximum Gasteiger partial charge on any atom is 0.200 e. The minimum Gasteiger partial charge on any atom is -0.495 e. The number of nitrogens with zero attached hydrogens (tertiary/aromatic N) is 2. The monoisotopic (exact) mass is 314 g/mol. The Labute approximate surface area is 121 Å². The first-order valence-corrected chi connectivity index (χ1v) is 5.83. The molecule has 0 radical (unpaired) electrons. The lowest BCUT2D eigenvalue weighted by Gasteiger charge is -2.13. The molecule has 0 fully saturated rings. The normalized spacial score (nSPS) is 10.4. The standard InChI is InChI=1S/C14H7F5N2O/c1-22-8-5-21-4-7(6(8)2-3-20)9-10(15)12(17)14(19)13(18)11(9)16/h4-5H,2H2,1H3. The number of hydrogen-bond acceptors (Lipinski definition) is 3. The van der Waals surface area contributed by atoms with E-state index >= 15 is 0 Å². The van der Waals surface area contributed by atoms with Gasteiger partial charge in [0.15, 0.2) is 23.3 Å². The van der Waals surface area contributed by atoms with E-state index in [9.17, 15) is 22.0 Å². The van der Waals surface area contributed by atoms with Crippen molar-refractivity contribution in [3.8, 4) is 22.9 Å². The molecule has 0 aliphatic carbocycles. The number of hydrogen-bond donors (Lipinski definition) is 0. The zero-order valence-electron chi connectivity index (χ0n) is 11.1. The first-order chi connectivity index (χ1) is 10.4. The van der Waals surface area contributed by atoms with Gasteiger partial charge in [-0.05, 0) is 0 Å². The predicted octanol–water partition coefficient (Wildman–Crippen LogP) is 3.52. The van der Waals surface area contributed by atoms with E-state index in [0.29, 0.717) is 0 Å². The molecule has 1 heterocycles. The summed E-state index contributed by atoms with van der Waals surface area (Å²) < 4.78 is 72.4. The highest BCUT2D eigenvalue weighted by Gasteiger charge is 2.28. The highest BCUT2D eigenvalue weighted by atomic mass is 19.2. The first kappa shape index (κ1) is 15.7. The van der Waals surface area contributed by atoms with Crippen molar-refractivity contribution in [2.75, 3.05) is 7.11 Å². The average molecular weight is 314 g/mol. The molecule has 0 saturated carbocycles. The van der Waals surface area contributed by atoms with Gasteiger partial charge in [0, 0.05) is 17.3 Å². The molecule has 0 atom stereocenters. The number of benzene rings is 1. The number of halogens is 5. The van der Waals surface area contributed by atoms with Crippen LogP contribution in [0.25, 0.3) is 11.1 Å². The van der Waals surface area contributed by atoms with Crippen molar-refractivity contribution in [3.05, 3.63) is 47.0 Å². The Balaban J connectivity index is 2.87. The summed E-state index contributed by atoms with van der Waals surface area (Å²) in [6.45, 7) is 0. The Morgan fingerprint density at radius 3 is 2.05 bits per heavy atom. The summed E-state index contributed by atoms with van der Waals surface area (Å²) in [6.07, 6.45) is 1.72. The molecule has 0 saturated heterocycles. The SMILES string of the molecule is COc1cncc(-c2c(F)c(F)c(F)c(F)c2F)c1CC#N. The fourth-order valence-corrected chi connectivity index (χ4v) is 1.96. The lowest BCUT2D eigenvalue weighted by molar-refractivity contribution is 0.381. The van der Waals surface area contributed by atoms with Gasteiger partial charge in [-0.25, -0.2) is 22.0 Å². The Hall–Kier alpha value is -2.69. The largest absolute Gasteiger partial charge is 0.495 e. The Morgan fingerprint density at radius 1 is 1.00 bits per heavy atom. The number of nitriles is 1. The highest BCUT2D eigenvalue weighted by molar-refractivity contribution is 5.71. The molecule has 1 aromatic heterocycles. The average Bonchev–Trinajstić information content (AvgIpc) is 2.52. The highest BCUT2D eigenvalue weighted by Crippen LogP contribution is 2.36. The van der Waals surface area contributed by atoms with Crippen LogP contribution < -0.4 is 4.74 Å². The molecule has 2 rings (SSSR count). The van der Waals surface area contributed by atoms with E-state index in [1.165, 1.54) is 13.3 Å². The molecule has 8 heteroatoms. The molecule has 0 spiro atoms. The molecule has 1 aromatic carbocycles. The third-order valence-corrected chi connectivity index (χ3v) is 2.97. The van der Waals surface area contributed by atoms with Gasteiger partial charge in [-0.3, -0.25) is 4.98 Å². The van der Waals surface area contributed by atoms with Crippen LogP contribution in [-0.2, 0) is 6.42 Å². The van der Waals surface area contributed by atoms with E-state index in [-0.39, 0.29) is 17.7 Å². The molecule has 0 N–H and O–H groups in total. The van der Waals surface area contributed by atoms with Gasteiger partial charge in [-0.15, -0.1) is 0 Å². The van der Waals surface area contributed by atoms with E-state index in [1.807, 2.05) is 0 Å². The van der Waals surface area contributed by atoms with Gasteiger partial charge in [0.05, 0.1) is 31.4 Å². The predicted molar refractivity (Wildman–Crippen MR) is 65.3 cm³/mol. The van der Waals surface area contributed by atoms with Gasteiger partial charge < -0.3 is 4.74 Å². The van der Waals surface area contributed by atoms with Crippen LogP contribution in [-0.4, -0.2) is 12.1 Å². The van der Waals surface area contributed by atoms with Crippen molar-refractivity contribution in [1.82, 2.24) is 4.98 Å². The van der Waals surface area contributed by atoms with E-state index in [1.54, 1.807) is 6.07 Å². The van der Waals surface area contributed by atoms with Gasteiger partial charge in [-0.2, -0.15) is 5.26 Å². The van der Waals surface area contributed by atoms with E-state index in [0.717, 1.165) is 6.20 Å². The van der Waals surface area contributed by atoms with Gasteiger partial charge in [-0.1, -0.05) is 0 Å². The second kappa shape index (κ2) is 5.97. The number of rotatable bonds is 3. The molecule has 0 unspecified atom stereocenters. The van der Waals surface area contributed by atoms with Crippen molar-refractivity contribution in [1.29, 1.82) is 5.26 Å². The number of pyridine rings is 1. The quantitative estimate of drug-likeness (QED) is 0.495. The Kier molecular flexibility index (Phi) is 4.26. The number of aromatic nitrogens is 1. The smallest absolute Gasteiger partial charge is 0.200 e. The third kappa shape index (κ3) is 2.35. The molecular formula is C14H7F5N2O. The second-order valence-electron chi connectivity index (χ2n) is 4.15. The van der Waals surface area contributed by atoms with Crippen LogP contribution in [0.3, 0.4) is 0 Å². The number of methoxy groups -OCH3 is 1. The Bertz CT molecular complexity index is 757. The van der Waals surface area contributed by atoms with E-state index in [2.05, 4.69) is 4.98 Å². The van der Waals surface area contributed by atoms with Crippen LogP contribution in [0.2, 0.25) is 0 Å². The van der Waals surface area contributed by atoms with Crippen LogP contribution >= 0.6 is 0 Å². The topological polar surface area (TPSA) is 45.9 Å². The zero-order chi connectivity index (χ0) is 16.4. The summed E-state index contributed by atoms with van der Waals surface area (Å²) in [5, 5.41) is 8.78. The van der Waals surface area contributed by atoms with Crippen LogP contribution in [0, 0.1) is 40.4 Å². The Morgan fingerprint density at radius 2 is 1.55 bits per heavy atom. The molecule has 22 heavy (non-hydrogen) atoms. The summed E-state index contributed by atoms with van der Waals surface area (Å²) in [5.74, 6) is -10.4. The summed E-state index contributed by atoms with van der Waals surface area (Å²) >= 11 is 0. The molecule has 0 amide bonds. The van der Waals surface area contributed by atoms with Crippen molar-refractivity contribution in [2.24, 2.45) is 0 Å². The third-order valence-electron chi connectivity index (χ3n) is 2.97. The fourth-order valence-electron chi connectivity index (χ4n) is 1.96. The van der Waals surface area contributed by atoms with Gasteiger partial charge in [0.1, 0.15) is 5.75 Å². The summed E-state index contributed by atoms with van der Waals surface area (Å²) in [7, 11) is 1.22. The molecule has 3 nitrogen and oxygen atoms in total. The fraction of sp³-hybridized carbons (Fsp3) is 0.143. The van der Waals surface area contributed by atoms with Crippen molar-refractivity contribution in [2.45, 2.75) is 6.42 Å². The molecular weight excluding hydrogens is 307 g/mol. The minimum absolute atomic E-state index is 0.00277. The van der Waals surface area contributed by atoms with Gasteiger partial charge >= 0.3 is 0 Å². The summed E-state index contributed by atoms with van der Waals surface area (Å²) in [4.78, 5) is 3.63.